The number of anilines is 2. The van der Waals surface area contributed by atoms with Crippen LogP contribution in [0.5, 0.6) is 0 Å². The van der Waals surface area contributed by atoms with Crippen LogP contribution >= 0.6 is 11.6 Å². The van der Waals surface area contributed by atoms with Gasteiger partial charge in [0, 0.05) is 23.8 Å². The number of furan rings is 1. The van der Waals surface area contributed by atoms with E-state index in [1.165, 1.54) is 0 Å². The lowest BCUT2D eigenvalue weighted by atomic mass is 10.1. The van der Waals surface area contributed by atoms with Gasteiger partial charge in [0.25, 0.3) is 5.91 Å². The zero-order valence-electron chi connectivity index (χ0n) is 16.0. The normalized spacial score (nSPS) is 14.5. The van der Waals surface area contributed by atoms with Crippen molar-refractivity contribution in [3.8, 4) is 0 Å². The number of carbonyl (C=O) groups excluding carboxylic acids is 1. The minimum atomic E-state index is -0.280. The van der Waals surface area contributed by atoms with Crippen LogP contribution in [-0.2, 0) is 4.74 Å². The van der Waals surface area contributed by atoms with Gasteiger partial charge in [-0.3, -0.25) is 4.79 Å². The maximum absolute atomic E-state index is 13.1. The molecule has 146 valence electrons. The molecule has 8 heteroatoms. The average Bonchev–Trinajstić information content (AvgIpc) is 3.00. The molecular formula is C20H21ClN4O3. The smallest absolute Gasteiger partial charge is 0.260 e. The van der Waals surface area contributed by atoms with E-state index >= 15 is 0 Å². The lowest BCUT2D eigenvalue weighted by Crippen LogP contribution is -2.37. The number of fused-ring (bicyclic) bond motifs is 1. The highest BCUT2D eigenvalue weighted by Crippen LogP contribution is 2.33. The molecule has 4 rings (SSSR count). The number of carbonyl (C=O) groups is 1. The van der Waals surface area contributed by atoms with E-state index in [2.05, 4.69) is 20.2 Å². The number of hydrogen-bond donors (Lipinski definition) is 1. The molecule has 3 heterocycles. The number of ether oxygens (including phenoxy) is 1. The number of amides is 1. The van der Waals surface area contributed by atoms with Crippen molar-refractivity contribution >= 4 is 40.1 Å². The number of nitrogens with zero attached hydrogens (tertiary/aromatic N) is 3. The first-order valence-electron chi connectivity index (χ1n) is 9.12. The summed E-state index contributed by atoms with van der Waals surface area (Å²) in [6.45, 7) is 8.12. The first-order chi connectivity index (χ1) is 13.4. The van der Waals surface area contributed by atoms with Crippen LogP contribution in [0.15, 0.2) is 22.6 Å². The number of rotatable bonds is 3. The Morgan fingerprint density at radius 2 is 1.93 bits per heavy atom. The van der Waals surface area contributed by atoms with Crippen molar-refractivity contribution in [2.75, 3.05) is 36.5 Å². The number of aromatic nitrogens is 2. The van der Waals surface area contributed by atoms with E-state index in [1.54, 1.807) is 13.0 Å². The maximum atomic E-state index is 13.1. The molecule has 1 saturated heterocycles. The fourth-order valence-electron chi connectivity index (χ4n) is 3.34. The Bertz CT molecular complexity index is 1060. The average molecular weight is 401 g/mol. The van der Waals surface area contributed by atoms with Crippen LogP contribution in [0.2, 0.25) is 5.02 Å². The van der Waals surface area contributed by atoms with Gasteiger partial charge in [-0.2, -0.15) is 4.98 Å². The van der Waals surface area contributed by atoms with E-state index in [9.17, 15) is 4.79 Å². The maximum Gasteiger partial charge on any atom is 0.260 e. The molecule has 1 aromatic carbocycles. The van der Waals surface area contributed by atoms with Gasteiger partial charge in [0.1, 0.15) is 17.4 Å². The predicted molar refractivity (Wildman–Crippen MR) is 108 cm³/mol. The summed E-state index contributed by atoms with van der Waals surface area (Å²) >= 11 is 6.18. The molecule has 2 aromatic heterocycles. The molecule has 7 nitrogen and oxygen atoms in total. The quantitative estimate of drug-likeness (QED) is 0.718. The molecule has 0 spiro atoms. The lowest BCUT2D eigenvalue weighted by molar-refractivity contribution is 0.102. The minimum absolute atomic E-state index is 0.280. The molecule has 0 radical (unpaired) electrons. The van der Waals surface area contributed by atoms with Crippen LogP contribution < -0.4 is 10.2 Å². The Morgan fingerprint density at radius 1 is 1.18 bits per heavy atom. The van der Waals surface area contributed by atoms with Crippen molar-refractivity contribution in [2.24, 2.45) is 0 Å². The number of halogens is 1. The second kappa shape index (κ2) is 7.41. The third kappa shape index (κ3) is 3.43. The van der Waals surface area contributed by atoms with Gasteiger partial charge in [0.15, 0.2) is 0 Å². The van der Waals surface area contributed by atoms with Crippen LogP contribution in [0, 0.1) is 20.8 Å². The fraction of sp³-hybridized carbons (Fsp3) is 0.350. The summed E-state index contributed by atoms with van der Waals surface area (Å²) in [6.07, 6.45) is 0. The summed E-state index contributed by atoms with van der Waals surface area (Å²) in [5.41, 5.74) is 2.42. The molecule has 0 atom stereocenters. The summed E-state index contributed by atoms with van der Waals surface area (Å²) in [4.78, 5) is 24.2. The first-order valence-corrected chi connectivity index (χ1v) is 9.50. The van der Waals surface area contributed by atoms with E-state index in [0.29, 0.717) is 71.1 Å². The molecule has 28 heavy (non-hydrogen) atoms. The molecular weight excluding hydrogens is 380 g/mol. The first kappa shape index (κ1) is 18.7. The second-order valence-electron chi connectivity index (χ2n) is 6.83. The van der Waals surface area contributed by atoms with E-state index < -0.39 is 0 Å². The largest absolute Gasteiger partial charge is 0.442 e. The van der Waals surface area contributed by atoms with Gasteiger partial charge < -0.3 is 19.4 Å². The second-order valence-corrected chi connectivity index (χ2v) is 7.23. The van der Waals surface area contributed by atoms with Crippen LogP contribution in [0.4, 0.5) is 11.5 Å². The topological polar surface area (TPSA) is 80.5 Å². The van der Waals surface area contributed by atoms with E-state index in [0.717, 1.165) is 5.56 Å². The highest BCUT2D eigenvalue weighted by Gasteiger charge is 2.26. The monoisotopic (exact) mass is 400 g/mol. The molecule has 1 aliphatic heterocycles. The summed E-state index contributed by atoms with van der Waals surface area (Å²) in [7, 11) is 0. The third-order valence-electron chi connectivity index (χ3n) is 4.79. The Kier molecular flexibility index (Phi) is 4.95. The summed E-state index contributed by atoms with van der Waals surface area (Å²) in [5, 5.41) is 4.13. The van der Waals surface area contributed by atoms with Crippen LogP contribution in [0.25, 0.3) is 11.1 Å². The van der Waals surface area contributed by atoms with Crippen LogP contribution in [0.3, 0.4) is 0 Å². The Hall–Kier alpha value is -2.64. The molecule has 1 N–H and O–H groups in total. The predicted octanol–water partition coefficient (Wildman–Crippen LogP) is 3.89. The summed E-state index contributed by atoms with van der Waals surface area (Å²) in [6, 6.07) is 5.42. The highest BCUT2D eigenvalue weighted by atomic mass is 35.5. The molecule has 0 unspecified atom stereocenters. The zero-order chi connectivity index (χ0) is 19.8. The van der Waals surface area contributed by atoms with E-state index in [-0.39, 0.29) is 5.91 Å². The Labute approximate surface area is 167 Å². The number of nitrogens with one attached hydrogen (secondary N) is 1. The fourth-order valence-corrected chi connectivity index (χ4v) is 3.52. The van der Waals surface area contributed by atoms with Crippen molar-refractivity contribution in [1.82, 2.24) is 9.97 Å². The number of hydrogen-bond acceptors (Lipinski definition) is 6. The molecule has 1 amide bonds. The Balaban J connectivity index is 1.78. The van der Waals surface area contributed by atoms with Gasteiger partial charge in [0.2, 0.25) is 5.71 Å². The van der Waals surface area contributed by atoms with Crippen LogP contribution in [0.1, 0.15) is 27.5 Å². The van der Waals surface area contributed by atoms with Crippen LogP contribution in [-0.4, -0.2) is 42.2 Å². The molecule has 1 fully saturated rings. The van der Waals surface area contributed by atoms with Crippen molar-refractivity contribution in [1.29, 1.82) is 0 Å². The Morgan fingerprint density at radius 3 is 2.64 bits per heavy atom. The zero-order valence-corrected chi connectivity index (χ0v) is 16.8. The van der Waals surface area contributed by atoms with Crippen molar-refractivity contribution in [2.45, 2.75) is 20.8 Å². The standard InChI is InChI=1S/C20H21ClN4O3/c1-11-4-5-14(10-15(11)21)24-19(26)16-12(2)28-20-17(16)18(22-13(3)23-20)25-6-8-27-9-7-25/h4-5,10H,6-9H2,1-3H3,(H,24,26). The van der Waals surface area contributed by atoms with Gasteiger partial charge >= 0.3 is 0 Å². The number of benzene rings is 1. The molecule has 0 aliphatic carbocycles. The van der Waals surface area contributed by atoms with Crippen molar-refractivity contribution in [3.05, 3.63) is 45.9 Å². The van der Waals surface area contributed by atoms with Gasteiger partial charge in [-0.15, -0.1) is 0 Å². The molecule has 0 saturated carbocycles. The van der Waals surface area contributed by atoms with Crippen molar-refractivity contribution in [3.63, 3.8) is 0 Å². The highest BCUT2D eigenvalue weighted by molar-refractivity contribution is 6.31. The van der Waals surface area contributed by atoms with E-state index in [4.69, 9.17) is 20.8 Å². The lowest BCUT2D eigenvalue weighted by Gasteiger charge is -2.28. The van der Waals surface area contributed by atoms with E-state index in [1.807, 2.05) is 26.0 Å². The minimum Gasteiger partial charge on any atom is -0.442 e. The van der Waals surface area contributed by atoms with Gasteiger partial charge in [-0.25, -0.2) is 4.98 Å². The van der Waals surface area contributed by atoms with Gasteiger partial charge in [-0.05, 0) is 38.5 Å². The summed E-state index contributed by atoms with van der Waals surface area (Å²) in [5.74, 6) is 1.52. The third-order valence-corrected chi connectivity index (χ3v) is 5.19. The number of morpholine rings is 1. The van der Waals surface area contributed by atoms with Crippen molar-refractivity contribution < 1.29 is 13.9 Å². The summed E-state index contributed by atoms with van der Waals surface area (Å²) < 4.78 is 11.3. The SMILES string of the molecule is Cc1nc(N2CCOCC2)c2c(C(=O)Nc3ccc(C)c(Cl)c3)c(C)oc2n1. The number of aryl methyl sites for hydroxylation is 3. The van der Waals surface area contributed by atoms with Gasteiger partial charge in [-0.1, -0.05) is 17.7 Å². The molecule has 0 bridgehead atoms. The molecule has 1 aliphatic rings. The van der Waals surface area contributed by atoms with Gasteiger partial charge in [0.05, 0.1) is 24.2 Å². The molecule has 3 aromatic rings.